The van der Waals surface area contributed by atoms with Gasteiger partial charge in [0.25, 0.3) is 0 Å². The van der Waals surface area contributed by atoms with Gasteiger partial charge in [0.2, 0.25) is 0 Å². The number of anilines is 2. The predicted octanol–water partition coefficient (Wildman–Crippen LogP) is 5.59. The summed E-state index contributed by atoms with van der Waals surface area (Å²) in [5, 5.41) is 7.09. The minimum atomic E-state index is -0.539. The van der Waals surface area contributed by atoms with E-state index in [1.807, 2.05) is 44.3 Å². The Morgan fingerprint density at radius 2 is 1.88 bits per heavy atom. The number of carbonyl (C=O) groups is 1. The molecular formula is C24H27FN4O2S. The van der Waals surface area contributed by atoms with E-state index in [9.17, 15) is 9.18 Å². The van der Waals surface area contributed by atoms with Crippen LogP contribution in [0.3, 0.4) is 0 Å². The second kappa shape index (κ2) is 10.4. The SMILES string of the molecule is C/N=C(\Nc1ccc(-c2cnc(CCC(C)(C)C(=O)OC)s2)cc1)Nc1ccccc1F. The Morgan fingerprint density at radius 3 is 2.53 bits per heavy atom. The molecule has 0 bridgehead atoms. The van der Waals surface area contributed by atoms with E-state index in [0.29, 0.717) is 24.5 Å². The normalized spacial score (nSPS) is 11.8. The number of aliphatic imine (C=N–C) groups is 1. The molecule has 8 heteroatoms. The number of thiazole rings is 1. The average molecular weight is 455 g/mol. The van der Waals surface area contributed by atoms with E-state index in [0.717, 1.165) is 21.1 Å². The van der Waals surface area contributed by atoms with Crippen LogP contribution in [0.15, 0.2) is 59.7 Å². The Bertz CT molecular complexity index is 1090. The van der Waals surface area contributed by atoms with E-state index in [2.05, 4.69) is 20.6 Å². The van der Waals surface area contributed by atoms with Gasteiger partial charge in [-0.1, -0.05) is 24.3 Å². The van der Waals surface area contributed by atoms with Crippen LogP contribution >= 0.6 is 11.3 Å². The number of benzene rings is 2. The molecule has 32 heavy (non-hydrogen) atoms. The molecule has 0 aliphatic heterocycles. The summed E-state index contributed by atoms with van der Waals surface area (Å²) < 4.78 is 18.7. The van der Waals surface area contributed by atoms with Gasteiger partial charge in [-0.3, -0.25) is 9.79 Å². The number of nitrogens with one attached hydrogen (secondary N) is 2. The van der Waals surface area contributed by atoms with E-state index in [1.165, 1.54) is 13.2 Å². The van der Waals surface area contributed by atoms with Crippen molar-refractivity contribution in [2.75, 3.05) is 24.8 Å². The number of nitrogens with zero attached hydrogens (tertiary/aromatic N) is 2. The molecule has 6 nitrogen and oxygen atoms in total. The van der Waals surface area contributed by atoms with E-state index < -0.39 is 5.41 Å². The first-order chi connectivity index (χ1) is 15.3. The zero-order chi connectivity index (χ0) is 23.1. The third kappa shape index (κ3) is 5.91. The minimum Gasteiger partial charge on any atom is -0.469 e. The van der Waals surface area contributed by atoms with Crippen molar-refractivity contribution in [3.63, 3.8) is 0 Å². The van der Waals surface area contributed by atoms with Gasteiger partial charge >= 0.3 is 5.97 Å². The lowest BCUT2D eigenvalue weighted by molar-refractivity contribution is -0.151. The summed E-state index contributed by atoms with van der Waals surface area (Å²) in [6.07, 6.45) is 3.24. The molecule has 2 N–H and O–H groups in total. The number of methoxy groups -OCH3 is 1. The van der Waals surface area contributed by atoms with Crippen LogP contribution in [0.4, 0.5) is 15.8 Å². The van der Waals surface area contributed by atoms with Crippen molar-refractivity contribution in [2.45, 2.75) is 26.7 Å². The number of halogens is 1. The highest BCUT2D eigenvalue weighted by molar-refractivity contribution is 7.15. The smallest absolute Gasteiger partial charge is 0.311 e. The topological polar surface area (TPSA) is 75.6 Å². The van der Waals surface area contributed by atoms with Crippen LogP contribution in [0.1, 0.15) is 25.3 Å². The van der Waals surface area contributed by atoms with Gasteiger partial charge in [0, 0.05) is 25.4 Å². The summed E-state index contributed by atoms with van der Waals surface area (Å²) in [6, 6.07) is 14.3. The van der Waals surface area contributed by atoms with Crippen LogP contribution < -0.4 is 10.6 Å². The highest BCUT2D eigenvalue weighted by atomic mass is 32.1. The van der Waals surface area contributed by atoms with Crippen LogP contribution in [-0.4, -0.2) is 31.1 Å². The molecule has 3 rings (SSSR count). The number of para-hydroxylation sites is 1. The maximum Gasteiger partial charge on any atom is 0.311 e. The fraction of sp³-hybridized carbons (Fsp3) is 0.292. The maximum absolute atomic E-state index is 13.9. The molecule has 1 aromatic heterocycles. The Balaban J connectivity index is 1.62. The summed E-state index contributed by atoms with van der Waals surface area (Å²) >= 11 is 1.61. The first-order valence-electron chi connectivity index (χ1n) is 10.2. The molecule has 0 saturated carbocycles. The lowest BCUT2D eigenvalue weighted by Crippen LogP contribution is -2.26. The Kier molecular flexibility index (Phi) is 7.58. The van der Waals surface area contributed by atoms with Crippen LogP contribution in [0.5, 0.6) is 0 Å². The Hall–Kier alpha value is -3.26. The van der Waals surface area contributed by atoms with Gasteiger partial charge < -0.3 is 15.4 Å². The van der Waals surface area contributed by atoms with Crippen molar-refractivity contribution >= 4 is 34.6 Å². The third-order valence-corrected chi connectivity index (χ3v) is 6.14. The first-order valence-corrected chi connectivity index (χ1v) is 11.0. The van der Waals surface area contributed by atoms with E-state index in [-0.39, 0.29) is 11.8 Å². The number of hydrogen-bond acceptors (Lipinski definition) is 5. The van der Waals surface area contributed by atoms with Gasteiger partial charge in [-0.15, -0.1) is 11.3 Å². The van der Waals surface area contributed by atoms with Gasteiger partial charge in [-0.25, -0.2) is 9.37 Å². The first kappa shape index (κ1) is 23.4. The molecule has 0 atom stereocenters. The molecule has 0 aliphatic carbocycles. The molecule has 0 saturated heterocycles. The second-order valence-electron chi connectivity index (χ2n) is 7.87. The largest absolute Gasteiger partial charge is 0.469 e. The molecule has 0 amide bonds. The molecule has 1 heterocycles. The van der Waals surface area contributed by atoms with Crippen molar-refractivity contribution in [1.29, 1.82) is 0 Å². The molecule has 0 fully saturated rings. The van der Waals surface area contributed by atoms with E-state index in [1.54, 1.807) is 36.6 Å². The van der Waals surface area contributed by atoms with E-state index in [4.69, 9.17) is 4.74 Å². The summed E-state index contributed by atoms with van der Waals surface area (Å²) in [4.78, 5) is 21.6. The van der Waals surface area contributed by atoms with Crippen molar-refractivity contribution in [3.8, 4) is 10.4 Å². The van der Waals surface area contributed by atoms with Crippen LogP contribution in [0.2, 0.25) is 0 Å². The molecule has 168 valence electrons. The van der Waals surface area contributed by atoms with Crippen LogP contribution in [0.25, 0.3) is 10.4 Å². The average Bonchev–Trinajstić information content (AvgIpc) is 3.27. The standard InChI is InChI=1S/C24H27FN4O2S/c1-24(2,22(30)31-4)14-13-21-27-15-20(32-21)16-9-11-17(12-10-16)28-23(26-3)29-19-8-6-5-7-18(19)25/h5-12,15H,13-14H2,1-4H3,(H2,26,28,29). The zero-order valence-corrected chi connectivity index (χ0v) is 19.4. The summed E-state index contributed by atoms with van der Waals surface area (Å²) in [7, 11) is 3.04. The zero-order valence-electron chi connectivity index (χ0n) is 18.6. The Morgan fingerprint density at radius 1 is 1.16 bits per heavy atom. The fourth-order valence-corrected chi connectivity index (χ4v) is 3.97. The number of ether oxygens (including phenoxy) is 1. The molecule has 0 unspecified atom stereocenters. The number of hydrogen-bond donors (Lipinski definition) is 2. The molecule has 2 aromatic carbocycles. The number of aryl methyl sites for hydroxylation is 1. The predicted molar refractivity (Wildman–Crippen MR) is 129 cm³/mol. The molecule has 0 radical (unpaired) electrons. The Labute approximate surface area is 191 Å². The van der Waals surface area contributed by atoms with Gasteiger partial charge in [0.05, 0.1) is 28.1 Å². The number of esters is 1. The number of aromatic nitrogens is 1. The van der Waals surface area contributed by atoms with Gasteiger partial charge in [0.15, 0.2) is 5.96 Å². The summed E-state index contributed by atoms with van der Waals surface area (Å²) in [6.45, 7) is 3.77. The van der Waals surface area contributed by atoms with Gasteiger partial charge in [0.1, 0.15) is 5.82 Å². The maximum atomic E-state index is 13.9. The van der Waals surface area contributed by atoms with E-state index >= 15 is 0 Å². The lowest BCUT2D eigenvalue weighted by atomic mass is 9.88. The quantitative estimate of drug-likeness (QED) is 0.276. The van der Waals surface area contributed by atoms with Crippen molar-refractivity contribution < 1.29 is 13.9 Å². The highest BCUT2D eigenvalue weighted by Gasteiger charge is 2.28. The lowest BCUT2D eigenvalue weighted by Gasteiger charge is -2.20. The molecular weight excluding hydrogens is 427 g/mol. The van der Waals surface area contributed by atoms with Crippen molar-refractivity contribution in [1.82, 2.24) is 4.98 Å². The molecule has 0 aliphatic rings. The minimum absolute atomic E-state index is 0.211. The molecule has 0 spiro atoms. The summed E-state index contributed by atoms with van der Waals surface area (Å²) in [5.41, 5.74) is 1.68. The van der Waals surface area contributed by atoms with Gasteiger partial charge in [-0.05, 0) is 50.1 Å². The monoisotopic (exact) mass is 454 g/mol. The number of guanidine groups is 1. The van der Waals surface area contributed by atoms with Crippen LogP contribution in [0, 0.1) is 11.2 Å². The third-order valence-electron chi connectivity index (χ3n) is 5.04. The number of carbonyl (C=O) groups excluding carboxylic acids is 1. The summed E-state index contributed by atoms with van der Waals surface area (Å²) in [5.74, 6) is -0.116. The fourth-order valence-electron chi connectivity index (χ4n) is 3.04. The highest BCUT2D eigenvalue weighted by Crippen LogP contribution is 2.30. The van der Waals surface area contributed by atoms with Crippen molar-refractivity contribution in [2.24, 2.45) is 10.4 Å². The second-order valence-corrected chi connectivity index (χ2v) is 8.99. The van der Waals surface area contributed by atoms with Crippen LogP contribution in [-0.2, 0) is 16.0 Å². The number of rotatable bonds is 7. The van der Waals surface area contributed by atoms with Crippen molar-refractivity contribution in [3.05, 3.63) is 65.6 Å². The molecule has 3 aromatic rings. The van der Waals surface area contributed by atoms with Gasteiger partial charge in [-0.2, -0.15) is 0 Å².